The van der Waals surface area contributed by atoms with E-state index < -0.39 is 0 Å². The third kappa shape index (κ3) is 12.9. The molecular weight excluding hydrogens is 530 g/mol. The van der Waals surface area contributed by atoms with Gasteiger partial charge in [-0.15, -0.1) is 48.0 Å². The number of rotatable bonds is 4. The minimum Gasteiger partial charge on any atom is -0.370 e. The fourth-order valence-corrected chi connectivity index (χ4v) is 1.53. The lowest BCUT2D eigenvalue weighted by molar-refractivity contribution is 1.05. The van der Waals surface area contributed by atoms with E-state index in [0.29, 0.717) is 13.1 Å². The number of hydrogen-bond acceptors (Lipinski definition) is 2. The van der Waals surface area contributed by atoms with Crippen LogP contribution in [0, 0.1) is 0 Å². The van der Waals surface area contributed by atoms with Crippen LogP contribution in [0.2, 0.25) is 0 Å². The van der Waals surface area contributed by atoms with Crippen LogP contribution in [-0.2, 0) is 13.1 Å². The molecule has 0 amide bonds. The molecule has 2 aromatic rings. The highest BCUT2D eigenvalue weighted by Crippen LogP contribution is 1.99. The van der Waals surface area contributed by atoms with Gasteiger partial charge < -0.3 is 22.9 Å². The zero-order valence-electron chi connectivity index (χ0n) is 13.2. The molecular formula is C16H24I2N6. The fraction of sp³-hybridized carbons (Fsp3) is 0.125. The molecule has 0 aliphatic carbocycles. The molecule has 2 aromatic carbocycles. The molecule has 0 radical (unpaired) electrons. The highest BCUT2D eigenvalue weighted by Gasteiger charge is 1.87. The predicted octanol–water partition coefficient (Wildman–Crippen LogP) is 2.16. The number of hydrogen-bond donors (Lipinski definition) is 4. The van der Waals surface area contributed by atoms with Crippen LogP contribution < -0.4 is 22.9 Å². The molecule has 0 fully saturated rings. The summed E-state index contributed by atoms with van der Waals surface area (Å²) < 4.78 is 0. The average Bonchev–Trinajstić information content (AvgIpc) is 2.53. The van der Waals surface area contributed by atoms with Crippen molar-refractivity contribution < 1.29 is 0 Å². The standard InChI is InChI=1S/2C8H11N3.2HI/c2*9-8(10)11-6-7-4-2-1-3-5-7;;/h2*1-5H,6H2,(H4,9,10,11);2*1H. The van der Waals surface area contributed by atoms with Crippen molar-refractivity contribution in [3.8, 4) is 0 Å². The van der Waals surface area contributed by atoms with E-state index in [9.17, 15) is 0 Å². The highest BCUT2D eigenvalue weighted by molar-refractivity contribution is 14.0. The quantitative estimate of drug-likeness (QED) is 0.263. The average molecular weight is 554 g/mol. The number of guanidine groups is 2. The van der Waals surface area contributed by atoms with Crippen LogP contribution in [0.15, 0.2) is 70.6 Å². The van der Waals surface area contributed by atoms with E-state index in [1.165, 1.54) is 0 Å². The molecule has 6 nitrogen and oxygen atoms in total. The first-order valence-electron chi connectivity index (χ1n) is 6.76. The fourth-order valence-electron chi connectivity index (χ4n) is 1.53. The Morgan fingerprint density at radius 3 is 1.12 bits per heavy atom. The lowest BCUT2D eigenvalue weighted by atomic mass is 10.2. The van der Waals surface area contributed by atoms with E-state index in [1.54, 1.807) is 0 Å². The normalized spacial score (nSPS) is 8.33. The zero-order valence-corrected chi connectivity index (χ0v) is 17.9. The van der Waals surface area contributed by atoms with Crippen molar-refractivity contribution in [3.05, 3.63) is 71.8 Å². The summed E-state index contributed by atoms with van der Waals surface area (Å²) in [5.74, 6) is 0.266. The lowest BCUT2D eigenvalue weighted by Crippen LogP contribution is -2.22. The summed E-state index contributed by atoms with van der Waals surface area (Å²) in [5, 5.41) is 0. The van der Waals surface area contributed by atoms with Crippen LogP contribution >= 0.6 is 48.0 Å². The van der Waals surface area contributed by atoms with Crippen molar-refractivity contribution in [3.63, 3.8) is 0 Å². The monoisotopic (exact) mass is 554 g/mol. The third-order valence-corrected chi connectivity index (χ3v) is 2.57. The van der Waals surface area contributed by atoms with Crippen LogP contribution in [0.1, 0.15) is 11.1 Å². The molecule has 0 aliphatic rings. The molecule has 24 heavy (non-hydrogen) atoms. The van der Waals surface area contributed by atoms with Gasteiger partial charge >= 0.3 is 0 Å². The minimum atomic E-state index is 0. The third-order valence-electron chi connectivity index (χ3n) is 2.57. The highest BCUT2D eigenvalue weighted by atomic mass is 127. The molecule has 0 bridgehead atoms. The van der Waals surface area contributed by atoms with Gasteiger partial charge in [0.25, 0.3) is 0 Å². The van der Waals surface area contributed by atoms with E-state index in [0.717, 1.165) is 11.1 Å². The summed E-state index contributed by atoms with van der Waals surface area (Å²) in [7, 11) is 0. The van der Waals surface area contributed by atoms with Crippen molar-refractivity contribution >= 4 is 59.9 Å². The summed E-state index contributed by atoms with van der Waals surface area (Å²) in [4.78, 5) is 7.73. The molecule has 0 aliphatic heterocycles. The van der Waals surface area contributed by atoms with Gasteiger partial charge in [-0.2, -0.15) is 0 Å². The van der Waals surface area contributed by atoms with Crippen LogP contribution in [0.4, 0.5) is 0 Å². The molecule has 132 valence electrons. The van der Waals surface area contributed by atoms with Crippen LogP contribution in [0.25, 0.3) is 0 Å². The molecule has 0 heterocycles. The first-order valence-corrected chi connectivity index (χ1v) is 6.76. The molecule has 0 saturated carbocycles. The van der Waals surface area contributed by atoms with Gasteiger partial charge in [0.15, 0.2) is 11.9 Å². The van der Waals surface area contributed by atoms with Gasteiger partial charge in [-0.3, -0.25) is 0 Å². The maximum atomic E-state index is 5.17. The van der Waals surface area contributed by atoms with E-state index in [2.05, 4.69) is 9.98 Å². The smallest absolute Gasteiger partial charge is 0.186 e. The molecule has 0 aromatic heterocycles. The Morgan fingerprint density at radius 1 is 0.583 bits per heavy atom. The summed E-state index contributed by atoms with van der Waals surface area (Å²) in [6, 6.07) is 19.7. The van der Waals surface area contributed by atoms with Crippen molar-refractivity contribution in [2.45, 2.75) is 13.1 Å². The second-order valence-corrected chi connectivity index (χ2v) is 4.45. The summed E-state index contributed by atoms with van der Waals surface area (Å²) in [5.41, 5.74) is 22.9. The van der Waals surface area contributed by atoms with E-state index in [-0.39, 0.29) is 59.9 Å². The van der Waals surface area contributed by atoms with E-state index in [4.69, 9.17) is 22.9 Å². The molecule has 8 heteroatoms. The van der Waals surface area contributed by atoms with Gasteiger partial charge in [0.1, 0.15) is 0 Å². The topological polar surface area (TPSA) is 129 Å². The molecule has 8 N–H and O–H groups in total. The minimum absolute atomic E-state index is 0. The largest absolute Gasteiger partial charge is 0.370 e. The second-order valence-electron chi connectivity index (χ2n) is 4.45. The zero-order chi connectivity index (χ0) is 16.2. The first-order chi connectivity index (χ1) is 10.6. The van der Waals surface area contributed by atoms with Gasteiger partial charge in [-0.05, 0) is 11.1 Å². The first kappa shape index (κ1) is 24.7. The second kappa shape index (κ2) is 15.0. The van der Waals surface area contributed by atoms with Crippen LogP contribution in [0.5, 0.6) is 0 Å². The summed E-state index contributed by atoms with van der Waals surface area (Å²) in [6.45, 7) is 1.12. The molecule has 0 saturated heterocycles. The Balaban J connectivity index is 0. The van der Waals surface area contributed by atoms with Gasteiger partial charge in [0, 0.05) is 0 Å². The Labute approximate surface area is 176 Å². The van der Waals surface area contributed by atoms with Gasteiger partial charge in [-0.1, -0.05) is 60.7 Å². The maximum absolute atomic E-state index is 5.17. The van der Waals surface area contributed by atoms with Crippen molar-refractivity contribution in [1.29, 1.82) is 0 Å². The maximum Gasteiger partial charge on any atom is 0.186 e. The SMILES string of the molecule is I.I.NC(N)=NCc1ccccc1.NC(N)=NCc1ccccc1. The summed E-state index contributed by atoms with van der Waals surface area (Å²) >= 11 is 0. The number of aliphatic imine (C=N–C) groups is 2. The summed E-state index contributed by atoms with van der Waals surface area (Å²) in [6.07, 6.45) is 0. The Kier molecular flexibility index (Phi) is 15.4. The van der Waals surface area contributed by atoms with Crippen LogP contribution in [-0.4, -0.2) is 11.9 Å². The van der Waals surface area contributed by atoms with E-state index >= 15 is 0 Å². The van der Waals surface area contributed by atoms with Crippen molar-refractivity contribution in [1.82, 2.24) is 0 Å². The van der Waals surface area contributed by atoms with Gasteiger partial charge in [0.2, 0.25) is 0 Å². The molecule has 2 rings (SSSR count). The van der Waals surface area contributed by atoms with Gasteiger partial charge in [-0.25, -0.2) is 9.98 Å². The Morgan fingerprint density at radius 2 is 0.875 bits per heavy atom. The lowest BCUT2D eigenvalue weighted by Gasteiger charge is -1.94. The molecule has 0 atom stereocenters. The Bertz CT molecular complexity index is 539. The number of halogens is 2. The van der Waals surface area contributed by atoms with E-state index in [1.807, 2.05) is 60.7 Å². The van der Waals surface area contributed by atoms with Crippen molar-refractivity contribution in [2.24, 2.45) is 32.9 Å². The predicted molar refractivity (Wildman–Crippen MR) is 123 cm³/mol. The molecule has 0 spiro atoms. The number of nitrogens with two attached hydrogens (primary N) is 4. The number of benzene rings is 2. The Hall–Kier alpha value is -1.56. The van der Waals surface area contributed by atoms with Gasteiger partial charge in [0.05, 0.1) is 13.1 Å². The van der Waals surface area contributed by atoms with Crippen molar-refractivity contribution in [2.75, 3.05) is 0 Å². The number of nitrogens with zero attached hydrogens (tertiary/aromatic N) is 2. The molecule has 0 unspecified atom stereocenters. The van der Waals surface area contributed by atoms with Crippen LogP contribution in [0.3, 0.4) is 0 Å².